The standard InChI is InChI=1S/C16H16ClFN2O2S.ClH/c17-13-3-1-2-12(10-13)16-11-19-8-9-20(16)23(21,22)15-6-4-14(18)5-7-15;/h1-7,10,16,19H,8-9,11H2;1H. The lowest BCUT2D eigenvalue weighted by Gasteiger charge is -2.35. The zero-order valence-electron chi connectivity index (χ0n) is 12.7. The van der Waals surface area contributed by atoms with E-state index in [2.05, 4.69) is 5.32 Å². The Hall–Kier alpha value is -1.18. The van der Waals surface area contributed by atoms with Gasteiger partial charge in [0.05, 0.1) is 10.9 Å². The van der Waals surface area contributed by atoms with Crippen LogP contribution in [0.3, 0.4) is 0 Å². The Kier molecular flexibility index (Phi) is 6.22. The van der Waals surface area contributed by atoms with Crippen LogP contribution < -0.4 is 5.32 Å². The summed E-state index contributed by atoms with van der Waals surface area (Å²) in [5, 5.41) is 3.77. The number of hydrogen-bond acceptors (Lipinski definition) is 3. The SMILES string of the molecule is Cl.O=S(=O)(c1ccc(F)cc1)N1CCNCC1c1cccc(Cl)c1. The number of hydrogen-bond donors (Lipinski definition) is 1. The number of halogens is 3. The van der Waals surface area contributed by atoms with Gasteiger partial charge in [-0.25, -0.2) is 12.8 Å². The minimum absolute atomic E-state index is 0. The van der Waals surface area contributed by atoms with Gasteiger partial charge in [-0.2, -0.15) is 4.31 Å². The van der Waals surface area contributed by atoms with Gasteiger partial charge in [0, 0.05) is 24.7 Å². The van der Waals surface area contributed by atoms with Gasteiger partial charge in [0.25, 0.3) is 0 Å². The first-order valence-corrected chi connectivity index (χ1v) is 9.04. The minimum Gasteiger partial charge on any atom is -0.313 e. The van der Waals surface area contributed by atoms with Gasteiger partial charge in [0.15, 0.2) is 0 Å². The van der Waals surface area contributed by atoms with Gasteiger partial charge >= 0.3 is 0 Å². The van der Waals surface area contributed by atoms with Crippen molar-refractivity contribution in [3.63, 3.8) is 0 Å². The molecule has 0 spiro atoms. The first-order chi connectivity index (χ1) is 11.0. The van der Waals surface area contributed by atoms with Gasteiger partial charge in [-0.1, -0.05) is 23.7 Å². The van der Waals surface area contributed by atoms with Crippen LogP contribution in [0.1, 0.15) is 11.6 Å². The molecule has 1 unspecified atom stereocenters. The van der Waals surface area contributed by atoms with Crippen molar-refractivity contribution in [2.24, 2.45) is 0 Å². The molecular weight excluding hydrogens is 374 g/mol. The summed E-state index contributed by atoms with van der Waals surface area (Å²) in [4.78, 5) is 0.0906. The van der Waals surface area contributed by atoms with Gasteiger partial charge in [-0.15, -0.1) is 12.4 Å². The van der Waals surface area contributed by atoms with E-state index in [-0.39, 0.29) is 23.3 Å². The first kappa shape index (κ1) is 19.1. The maximum absolute atomic E-state index is 13.1. The Morgan fingerprint density at radius 1 is 1.17 bits per heavy atom. The fraction of sp³-hybridized carbons (Fsp3) is 0.250. The van der Waals surface area contributed by atoms with Gasteiger partial charge in [-0.05, 0) is 42.0 Å². The molecule has 4 nitrogen and oxygen atoms in total. The molecular formula is C16H17Cl2FN2O2S. The van der Waals surface area contributed by atoms with E-state index in [0.29, 0.717) is 24.7 Å². The molecule has 2 aromatic rings. The van der Waals surface area contributed by atoms with Crippen molar-refractivity contribution in [1.29, 1.82) is 0 Å². The maximum atomic E-state index is 13.1. The highest BCUT2D eigenvalue weighted by Crippen LogP contribution is 2.30. The smallest absolute Gasteiger partial charge is 0.243 e. The fourth-order valence-electron chi connectivity index (χ4n) is 2.71. The van der Waals surface area contributed by atoms with Crippen molar-refractivity contribution in [2.45, 2.75) is 10.9 Å². The summed E-state index contributed by atoms with van der Waals surface area (Å²) in [6.45, 7) is 1.41. The molecule has 0 aromatic heterocycles. The zero-order chi connectivity index (χ0) is 16.4. The van der Waals surface area contributed by atoms with Crippen molar-refractivity contribution in [3.05, 3.63) is 64.9 Å². The third-order valence-electron chi connectivity index (χ3n) is 3.85. The zero-order valence-corrected chi connectivity index (χ0v) is 15.0. The molecule has 1 atom stereocenters. The summed E-state index contributed by atoms with van der Waals surface area (Å²) >= 11 is 6.03. The van der Waals surface area contributed by atoms with Crippen molar-refractivity contribution < 1.29 is 12.8 Å². The van der Waals surface area contributed by atoms with Crippen LogP contribution in [0.2, 0.25) is 5.02 Å². The fourth-order valence-corrected chi connectivity index (χ4v) is 4.53. The van der Waals surface area contributed by atoms with Crippen LogP contribution in [0.4, 0.5) is 4.39 Å². The summed E-state index contributed by atoms with van der Waals surface area (Å²) in [6.07, 6.45) is 0. The summed E-state index contributed by atoms with van der Waals surface area (Å²) < 4.78 is 40.3. The highest BCUT2D eigenvalue weighted by Gasteiger charge is 2.34. The molecule has 0 saturated carbocycles. The van der Waals surface area contributed by atoms with Crippen LogP contribution in [0.15, 0.2) is 53.4 Å². The van der Waals surface area contributed by atoms with E-state index < -0.39 is 15.8 Å². The van der Waals surface area contributed by atoms with Crippen LogP contribution >= 0.6 is 24.0 Å². The topological polar surface area (TPSA) is 49.4 Å². The minimum atomic E-state index is -3.71. The molecule has 1 saturated heterocycles. The molecule has 1 heterocycles. The Bertz CT molecular complexity index is 800. The molecule has 130 valence electrons. The summed E-state index contributed by atoms with van der Waals surface area (Å²) in [7, 11) is -3.71. The number of benzene rings is 2. The van der Waals surface area contributed by atoms with E-state index in [0.717, 1.165) is 17.7 Å². The average molecular weight is 391 g/mol. The van der Waals surface area contributed by atoms with Crippen LogP contribution in [0.25, 0.3) is 0 Å². The number of nitrogens with zero attached hydrogens (tertiary/aromatic N) is 1. The van der Waals surface area contributed by atoms with Crippen molar-refractivity contribution in [1.82, 2.24) is 9.62 Å². The van der Waals surface area contributed by atoms with Crippen molar-refractivity contribution >= 4 is 34.0 Å². The second-order valence-corrected chi connectivity index (χ2v) is 7.67. The lowest BCUT2D eigenvalue weighted by Crippen LogP contribution is -2.48. The second-order valence-electron chi connectivity index (χ2n) is 5.34. The lowest BCUT2D eigenvalue weighted by molar-refractivity contribution is 0.271. The first-order valence-electron chi connectivity index (χ1n) is 7.22. The molecule has 0 aliphatic carbocycles. The number of piperazine rings is 1. The highest BCUT2D eigenvalue weighted by molar-refractivity contribution is 7.89. The van der Waals surface area contributed by atoms with Gasteiger partial charge in [-0.3, -0.25) is 0 Å². The number of sulfonamides is 1. The summed E-state index contributed by atoms with van der Waals surface area (Å²) in [5.41, 5.74) is 0.829. The average Bonchev–Trinajstić information content (AvgIpc) is 2.55. The van der Waals surface area contributed by atoms with Crippen molar-refractivity contribution in [2.75, 3.05) is 19.6 Å². The quantitative estimate of drug-likeness (QED) is 0.874. The second kappa shape index (κ2) is 7.80. The molecule has 2 aromatic carbocycles. The van der Waals surface area contributed by atoms with E-state index in [4.69, 9.17) is 11.6 Å². The van der Waals surface area contributed by atoms with E-state index in [1.54, 1.807) is 18.2 Å². The lowest BCUT2D eigenvalue weighted by atomic mass is 10.1. The van der Waals surface area contributed by atoms with Crippen LogP contribution in [0, 0.1) is 5.82 Å². The van der Waals surface area contributed by atoms with Gasteiger partial charge in [0.2, 0.25) is 10.0 Å². The molecule has 0 radical (unpaired) electrons. The van der Waals surface area contributed by atoms with Crippen molar-refractivity contribution in [3.8, 4) is 0 Å². The molecule has 1 aliphatic heterocycles. The normalized spacial score (nSPS) is 18.8. The van der Waals surface area contributed by atoms with E-state index in [9.17, 15) is 12.8 Å². The van der Waals surface area contributed by atoms with Crippen LogP contribution in [-0.4, -0.2) is 32.4 Å². The Morgan fingerprint density at radius 3 is 2.54 bits per heavy atom. The van der Waals surface area contributed by atoms with Gasteiger partial charge < -0.3 is 5.32 Å². The van der Waals surface area contributed by atoms with Crippen LogP contribution in [-0.2, 0) is 10.0 Å². The molecule has 0 amide bonds. The number of rotatable bonds is 3. The Labute approximate surface area is 152 Å². The molecule has 0 bridgehead atoms. The maximum Gasteiger partial charge on any atom is 0.243 e. The number of nitrogens with one attached hydrogen (secondary N) is 1. The summed E-state index contributed by atoms with van der Waals surface area (Å²) in [5.74, 6) is -0.462. The molecule has 8 heteroatoms. The third kappa shape index (κ3) is 3.90. The predicted molar refractivity (Wildman–Crippen MR) is 94.6 cm³/mol. The molecule has 24 heavy (non-hydrogen) atoms. The molecule has 1 aliphatic rings. The predicted octanol–water partition coefficient (Wildman–Crippen LogP) is 3.24. The summed E-state index contributed by atoms with van der Waals surface area (Å²) in [6, 6.07) is 11.7. The highest BCUT2D eigenvalue weighted by atomic mass is 35.5. The van der Waals surface area contributed by atoms with E-state index in [1.807, 2.05) is 6.07 Å². The Morgan fingerprint density at radius 2 is 1.88 bits per heavy atom. The molecule has 1 fully saturated rings. The Balaban J connectivity index is 0.00000208. The van der Waals surface area contributed by atoms with E-state index >= 15 is 0 Å². The molecule has 3 rings (SSSR count). The van der Waals surface area contributed by atoms with Crippen LogP contribution in [0.5, 0.6) is 0 Å². The van der Waals surface area contributed by atoms with Gasteiger partial charge in [0.1, 0.15) is 5.82 Å². The molecule has 1 N–H and O–H groups in total. The third-order valence-corrected chi connectivity index (χ3v) is 6.01. The largest absolute Gasteiger partial charge is 0.313 e. The monoisotopic (exact) mass is 390 g/mol. The van der Waals surface area contributed by atoms with E-state index in [1.165, 1.54) is 16.4 Å².